The van der Waals surface area contributed by atoms with E-state index < -0.39 is 0 Å². The molecule has 0 aromatic carbocycles. The van der Waals surface area contributed by atoms with Gasteiger partial charge in [0, 0.05) is 18.3 Å². The van der Waals surface area contributed by atoms with Gasteiger partial charge in [-0.3, -0.25) is 9.78 Å². The monoisotopic (exact) mass is 230 g/mol. The Morgan fingerprint density at radius 1 is 1.35 bits per heavy atom. The molecule has 2 N–H and O–H groups in total. The molecule has 3 heteroatoms. The van der Waals surface area contributed by atoms with Gasteiger partial charge >= 0.3 is 0 Å². The SMILES string of the molecule is NCc1cc(C(=O)C2=CCCCCC2)ccn1. The molecule has 0 saturated heterocycles. The Labute approximate surface area is 102 Å². The van der Waals surface area contributed by atoms with E-state index in [2.05, 4.69) is 11.1 Å². The van der Waals surface area contributed by atoms with Crippen molar-refractivity contribution in [3.8, 4) is 0 Å². The van der Waals surface area contributed by atoms with Crippen molar-refractivity contribution >= 4 is 5.78 Å². The van der Waals surface area contributed by atoms with E-state index >= 15 is 0 Å². The van der Waals surface area contributed by atoms with E-state index in [1.165, 1.54) is 12.8 Å². The maximum atomic E-state index is 12.3. The van der Waals surface area contributed by atoms with Gasteiger partial charge in [0.2, 0.25) is 0 Å². The molecule has 2 rings (SSSR count). The smallest absolute Gasteiger partial charge is 0.188 e. The first-order valence-corrected chi connectivity index (χ1v) is 6.20. The van der Waals surface area contributed by atoms with E-state index in [0.29, 0.717) is 12.1 Å². The van der Waals surface area contributed by atoms with Crippen molar-refractivity contribution in [2.24, 2.45) is 5.73 Å². The van der Waals surface area contributed by atoms with Gasteiger partial charge < -0.3 is 5.73 Å². The van der Waals surface area contributed by atoms with Gasteiger partial charge in [-0.05, 0) is 43.4 Å². The molecule has 17 heavy (non-hydrogen) atoms. The fourth-order valence-electron chi connectivity index (χ4n) is 2.14. The van der Waals surface area contributed by atoms with Crippen LogP contribution in [0, 0.1) is 0 Å². The molecule has 0 saturated carbocycles. The standard InChI is InChI=1S/C14H18N2O/c15-10-13-9-12(7-8-16-13)14(17)11-5-3-1-2-4-6-11/h5,7-9H,1-4,6,10,15H2. The summed E-state index contributed by atoms with van der Waals surface area (Å²) in [6.45, 7) is 0.375. The van der Waals surface area contributed by atoms with Crippen LogP contribution in [0.15, 0.2) is 30.0 Å². The highest BCUT2D eigenvalue weighted by Gasteiger charge is 2.14. The predicted molar refractivity (Wildman–Crippen MR) is 67.6 cm³/mol. The van der Waals surface area contributed by atoms with Crippen LogP contribution in [0.25, 0.3) is 0 Å². The summed E-state index contributed by atoms with van der Waals surface area (Å²) in [5.41, 5.74) is 7.97. The van der Waals surface area contributed by atoms with Crippen molar-refractivity contribution in [3.63, 3.8) is 0 Å². The number of hydrogen-bond donors (Lipinski definition) is 1. The zero-order valence-electron chi connectivity index (χ0n) is 9.98. The fourth-order valence-corrected chi connectivity index (χ4v) is 2.14. The summed E-state index contributed by atoms with van der Waals surface area (Å²) < 4.78 is 0. The minimum absolute atomic E-state index is 0.143. The molecular formula is C14H18N2O. The number of Topliss-reactive ketones (excluding diaryl/α,β-unsaturated/α-hetero) is 1. The highest BCUT2D eigenvalue weighted by Crippen LogP contribution is 2.20. The molecule has 1 heterocycles. The third kappa shape index (κ3) is 3.01. The summed E-state index contributed by atoms with van der Waals surface area (Å²) in [6.07, 6.45) is 9.21. The number of rotatable bonds is 3. The van der Waals surface area contributed by atoms with Crippen LogP contribution in [0.4, 0.5) is 0 Å². The number of aromatic nitrogens is 1. The number of carbonyl (C=O) groups is 1. The highest BCUT2D eigenvalue weighted by atomic mass is 16.1. The van der Waals surface area contributed by atoms with Gasteiger partial charge in [-0.25, -0.2) is 0 Å². The van der Waals surface area contributed by atoms with E-state index in [9.17, 15) is 4.79 Å². The summed E-state index contributed by atoms with van der Waals surface area (Å²) in [7, 11) is 0. The van der Waals surface area contributed by atoms with Crippen LogP contribution in [0.2, 0.25) is 0 Å². The van der Waals surface area contributed by atoms with Gasteiger partial charge in [0.25, 0.3) is 0 Å². The second kappa shape index (κ2) is 5.73. The molecule has 3 nitrogen and oxygen atoms in total. The van der Waals surface area contributed by atoms with E-state index in [4.69, 9.17) is 5.73 Å². The molecule has 0 unspecified atom stereocenters. The van der Waals surface area contributed by atoms with E-state index in [-0.39, 0.29) is 5.78 Å². The average Bonchev–Trinajstić information content (AvgIpc) is 2.67. The highest BCUT2D eigenvalue weighted by molar-refractivity contribution is 6.08. The van der Waals surface area contributed by atoms with E-state index in [1.807, 2.05) is 0 Å². The largest absolute Gasteiger partial charge is 0.325 e. The topological polar surface area (TPSA) is 56.0 Å². The lowest BCUT2D eigenvalue weighted by molar-refractivity contribution is 0.103. The number of nitrogens with zero attached hydrogens (tertiary/aromatic N) is 1. The molecule has 0 aliphatic heterocycles. The van der Waals surface area contributed by atoms with Crippen molar-refractivity contribution in [3.05, 3.63) is 41.2 Å². The number of allylic oxidation sites excluding steroid dienone is 2. The number of ketones is 1. The zero-order valence-corrected chi connectivity index (χ0v) is 9.98. The maximum absolute atomic E-state index is 12.3. The minimum Gasteiger partial charge on any atom is -0.325 e. The molecule has 0 spiro atoms. The Hall–Kier alpha value is -1.48. The Kier molecular flexibility index (Phi) is 4.04. The second-order valence-electron chi connectivity index (χ2n) is 4.40. The molecule has 0 radical (unpaired) electrons. The first-order valence-electron chi connectivity index (χ1n) is 6.20. The van der Waals surface area contributed by atoms with Crippen molar-refractivity contribution in [2.45, 2.75) is 38.6 Å². The zero-order chi connectivity index (χ0) is 12.1. The molecule has 0 fully saturated rings. The third-order valence-electron chi connectivity index (χ3n) is 3.12. The molecule has 1 aromatic heterocycles. The normalized spacial score (nSPS) is 16.2. The van der Waals surface area contributed by atoms with Crippen LogP contribution in [0.1, 0.15) is 48.2 Å². The Bertz CT molecular complexity index is 438. The van der Waals surface area contributed by atoms with Gasteiger partial charge in [0.15, 0.2) is 5.78 Å². The predicted octanol–water partition coefficient (Wildman–Crippen LogP) is 2.61. The molecule has 1 aliphatic carbocycles. The number of pyridine rings is 1. The summed E-state index contributed by atoms with van der Waals surface area (Å²) in [4.78, 5) is 16.4. The van der Waals surface area contributed by atoms with Gasteiger partial charge in [0.1, 0.15) is 0 Å². The molecule has 1 aromatic rings. The Balaban J connectivity index is 2.20. The quantitative estimate of drug-likeness (QED) is 0.812. The lowest BCUT2D eigenvalue weighted by Crippen LogP contribution is -2.06. The lowest BCUT2D eigenvalue weighted by Gasteiger charge is -2.05. The molecule has 0 amide bonds. The van der Waals surface area contributed by atoms with Gasteiger partial charge in [-0.1, -0.05) is 12.5 Å². The Morgan fingerprint density at radius 2 is 2.24 bits per heavy atom. The Morgan fingerprint density at radius 3 is 3.06 bits per heavy atom. The second-order valence-corrected chi connectivity index (χ2v) is 4.40. The van der Waals surface area contributed by atoms with Crippen molar-refractivity contribution in [1.82, 2.24) is 4.98 Å². The molecule has 90 valence electrons. The van der Waals surface area contributed by atoms with Crippen LogP contribution in [-0.4, -0.2) is 10.8 Å². The molecule has 0 atom stereocenters. The fraction of sp³-hybridized carbons (Fsp3) is 0.429. The number of carbonyl (C=O) groups excluding carboxylic acids is 1. The van der Waals surface area contributed by atoms with Crippen molar-refractivity contribution in [1.29, 1.82) is 0 Å². The van der Waals surface area contributed by atoms with Crippen LogP contribution in [0.5, 0.6) is 0 Å². The molecule has 0 bridgehead atoms. The first kappa shape index (κ1) is 12.0. The lowest BCUT2D eigenvalue weighted by atomic mass is 10.00. The maximum Gasteiger partial charge on any atom is 0.188 e. The van der Waals surface area contributed by atoms with Crippen LogP contribution in [0.3, 0.4) is 0 Å². The summed E-state index contributed by atoms with van der Waals surface area (Å²) in [5, 5.41) is 0. The van der Waals surface area contributed by atoms with Crippen LogP contribution in [-0.2, 0) is 6.54 Å². The van der Waals surface area contributed by atoms with E-state index in [0.717, 1.165) is 30.5 Å². The summed E-state index contributed by atoms with van der Waals surface area (Å²) in [6, 6.07) is 3.57. The van der Waals surface area contributed by atoms with E-state index in [1.54, 1.807) is 18.3 Å². The van der Waals surface area contributed by atoms with Crippen LogP contribution < -0.4 is 5.73 Å². The minimum atomic E-state index is 0.143. The van der Waals surface area contributed by atoms with Gasteiger partial charge in [0.05, 0.1) is 5.69 Å². The molecular weight excluding hydrogens is 212 g/mol. The summed E-state index contributed by atoms with van der Waals surface area (Å²) in [5.74, 6) is 0.143. The average molecular weight is 230 g/mol. The van der Waals surface area contributed by atoms with Crippen LogP contribution >= 0.6 is 0 Å². The number of nitrogens with two attached hydrogens (primary N) is 1. The third-order valence-corrected chi connectivity index (χ3v) is 3.12. The van der Waals surface area contributed by atoms with Crippen molar-refractivity contribution < 1.29 is 4.79 Å². The summed E-state index contributed by atoms with van der Waals surface area (Å²) >= 11 is 0. The number of hydrogen-bond acceptors (Lipinski definition) is 3. The van der Waals surface area contributed by atoms with Gasteiger partial charge in [-0.15, -0.1) is 0 Å². The first-order chi connectivity index (χ1) is 8.31. The van der Waals surface area contributed by atoms with Gasteiger partial charge in [-0.2, -0.15) is 0 Å². The van der Waals surface area contributed by atoms with Crippen molar-refractivity contribution in [2.75, 3.05) is 0 Å². The molecule has 1 aliphatic rings.